The lowest BCUT2D eigenvalue weighted by molar-refractivity contribution is 0.0963. The molecule has 1 heterocycles. The molecule has 0 unspecified atom stereocenters. The van der Waals surface area contributed by atoms with Crippen LogP contribution in [0.15, 0.2) is 24.3 Å². The first-order chi connectivity index (χ1) is 12.0. The summed E-state index contributed by atoms with van der Waals surface area (Å²) < 4.78 is 5.17. The van der Waals surface area contributed by atoms with Crippen molar-refractivity contribution in [1.29, 1.82) is 0 Å². The number of fused-ring (bicyclic) bond motifs is 1. The second-order valence-corrected chi connectivity index (χ2v) is 7.43. The fourth-order valence-corrected chi connectivity index (χ4v) is 4.55. The van der Waals surface area contributed by atoms with E-state index >= 15 is 0 Å². The highest BCUT2D eigenvalue weighted by Gasteiger charge is 2.28. The Labute approximate surface area is 151 Å². The molecule has 5 nitrogen and oxygen atoms in total. The molecule has 2 N–H and O–H groups in total. The van der Waals surface area contributed by atoms with Gasteiger partial charge in [-0.2, -0.15) is 0 Å². The monoisotopic (exact) mass is 358 g/mol. The summed E-state index contributed by atoms with van der Waals surface area (Å²) in [5.41, 5.74) is 2.20. The minimum Gasteiger partial charge on any atom is -0.497 e. The number of benzene rings is 1. The number of anilines is 1. The fourth-order valence-electron chi connectivity index (χ4n) is 3.14. The van der Waals surface area contributed by atoms with Gasteiger partial charge in [-0.25, -0.2) is 0 Å². The molecule has 0 bridgehead atoms. The van der Waals surface area contributed by atoms with E-state index in [1.807, 2.05) is 0 Å². The molecule has 1 atom stereocenters. The highest BCUT2D eigenvalue weighted by atomic mass is 32.1. The van der Waals surface area contributed by atoms with E-state index in [4.69, 9.17) is 4.74 Å². The van der Waals surface area contributed by atoms with Crippen LogP contribution in [0, 0.1) is 5.92 Å². The van der Waals surface area contributed by atoms with Gasteiger partial charge >= 0.3 is 0 Å². The molecule has 25 heavy (non-hydrogen) atoms. The number of methoxy groups -OCH3 is 1. The number of ether oxygens (including phenoxy) is 1. The van der Waals surface area contributed by atoms with E-state index in [1.54, 1.807) is 38.4 Å². The van der Waals surface area contributed by atoms with Crippen molar-refractivity contribution < 1.29 is 14.3 Å². The van der Waals surface area contributed by atoms with Gasteiger partial charge in [0, 0.05) is 17.5 Å². The second-order valence-electron chi connectivity index (χ2n) is 6.32. The fraction of sp³-hybridized carbons (Fsp3) is 0.368. The van der Waals surface area contributed by atoms with Gasteiger partial charge < -0.3 is 15.4 Å². The van der Waals surface area contributed by atoms with Crippen LogP contribution in [0.4, 0.5) is 5.00 Å². The minimum absolute atomic E-state index is 0.145. The molecular formula is C19H22N2O3S. The van der Waals surface area contributed by atoms with Crippen LogP contribution in [0.5, 0.6) is 5.75 Å². The molecule has 0 fully saturated rings. The maximum Gasteiger partial charge on any atom is 0.256 e. The molecule has 2 amide bonds. The first-order valence-corrected chi connectivity index (χ1v) is 9.17. The average Bonchev–Trinajstić information content (AvgIpc) is 2.97. The van der Waals surface area contributed by atoms with Crippen LogP contribution >= 0.6 is 11.3 Å². The van der Waals surface area contributed by atoms with Crippen LogP contribution in [0.1, 0.15) is 44.5 Å². The lowest BCUT2D eigenvalue weighted by Gasteiger charge is -2.18. The van der Waals surface area contributed by atoms with Crippen LogP contribution in [0.2, 0.25) is 0 Å². The lowest BCUT2D eigenvalue weighted by atomic mass is 9.88. The maximum absolute atomic E-state index is 12.6. The molecule has 0 radical (unpaired) electrons. The van der Waals surface area contributed by atoms with E-state index in [9.17, 15) is 9.59 Å². The van der Waals surface area contributed by atoms with Crippen LogP contribution in [0.25, 0.3) is 0 Å². The smallest absolute Gasteiger partial charge is 0.256 e. The van der Waals surface area contributed by atoms with Crippen LogP contribution in [0.3, 0.4) is 0 Å². The van der Waals surface area contributed by atoms with Gasteiger partial charge in [0.05, 0.1) is 12.7 Å². The molecule has 0 saturated carbocycles. The van der Waals surface area contributed by atoms with Gasteiger partial charge in [-0.3, -0.25) is 9.59 Å². The first-order valence-electron chi connectivity index (χ1n) is 8.35. The Kier molecular flexibility index (Phi) is 5.08. The maximum atomic E-state index is 12.6. The molecular weight excluding hydrogens is 336 g/mol. The Balaban J connectivity index is 1.93. The zero-order valence-corrected chi connectivity index (χ0v) is 15.5. The summed E-state index contributed by atoms with van der Waals surface area (Å²) in [5.74, 6) is 0.841. The van der Waals surface area contributed by atoms with Crippen LogP contribution in [-0.2, 0) is 12.8 Å². The van der Waals surface area contributed by atoms with Gasteiger partial charge in [-0.05, 0) is 48.9 Å². The largest absolute Gasteiger partial charge is 0.497 e. The predicted molar refractivity (Wildman–Crippen MR) is 99.8 cm³/mol. The first kappa shape index (κ1) is 17.5. The van der Waals surface area contributed by atoms with E-state index in [0.29, 0.717) is 27.8 Å². The quantitative estimate of drug-likeness (QED) is 0.879. The van der Waals surface area contributed by atoms with E-state index in [2.05, 4.69) is 17.6 Å². The topological polar surface area (TPSA) is 67.4 Å². The zero-order chi connectivity index (χ0) is 18.0. The normalized spacial score (nSPS) is 16.0. The van der Waals surface area contributed by atoms with Crippen LogP contribution < -0.4 is 15.4 Å². The number of amides is 2. The molecule has 1 aromatic carbocycles. The Morgan fingerprint density at radius 1 is 1.28 bits per heavy atom. The van der Waals surface area contributed by atoms with Crippen molar-refractivity contribution in [3.8, 4) is 5.75 Å². The molecule has 0 saturated heterocycles. The molecule has 1 aliphatic rings. The number of hydrogen-bond acceptors (Lipinski definition) is 4. The summed E-state index contributed by atoms with van der Waals surface area (Å²) in [7, 11) is 3.18. The minimum atomic E-state index is -0.240. The predicted octanol–water partition coefficient (Wildman–Crippen LogP) is 3.49. The summed E-state index contributed by atoms with van der Waals surface area (Å²) in [5, 5.41) is 6.26. The third-order valence-corrected chi connectivity index (χ3v) is 5.69. The van der Waals surface area contributed by atoms with Gasteiger partial charge in [0.25, 0.3) is 11.8 Å². The number of nitrogens with one attached hydrogen (secondary N) is 2. The molecule has 2 aromatic rings. The summed E-state index contributed by atoms with van der Waals surface area (Å²) >= 11 is 1.52. The number of carbonyl (C=O) groups is 2. The lowest BCUT2D eigenvalue weighted by Crippen LogP contribution is -2.22. The average molecular weight is 358 g/mol. The van der Waals surface area contributed by atoms with Crippen molar-refractivity contribution in [1.82, 2.24) is 5.32 Å². The Hall–Kier alpha value is -2.34. The van der Waals surface area contributed by atoms with E-state index in [1.165, 1.54) is 16.2 Å². The summed E-state index contributed by atoms with van der Waals surface area (Å²) in [6, 6.07) is 6.98. The van der Waals surface area contributed by atoms with E-state index in [0.717, 1.165) is 24.8 Å². The van der Waals surface area contributed by atoms with Gasteiger partial charge in [-0.15, -0.1) is 11.3 Å². The summed E-state index contributed by atoms with van der Waals surface area (Å²) in [6.07, 6.45) is 2.90. The van der Waals surface area contributed by atoms with Crippen molar-refractivity contribution in [2.24, 2.45) is 5.92 Å². The summed E-state index contributed by atoms with van der Waals surface area (Å²) in [4.78, 5) is 26.2. The van der Waals surface area contributed by atoms with Gasteiger partial charge in [-0.1, -0.05) is 13.0 Å². The van der Waals surface area contributed by atoms with Crippen molar-refractivity contribution in [2.75, 3.05) is 19.5 Å². The number of rotatable bonds is 4. The summed E-state index contributed by atoms with van der Waals surface area (Å²) in [6.45, 7) is 2.22. The van der Waals surface area contributed by atoms with Crippen molar-refractivity contribution in [3.63, 3.8) is 0 Å². The third-order valence-electron chi connectivity index (χ3n) is 4.52. The van der Waals surface area contributed by atoms with Crippen molar-refractivity contribution in [2.45, 2.75) is 26.2 Å². The highest BCUT2D eigenvalue weighted by Crippen LogP contribution is 2.39. The van der Waals surface area contributed by atoms with E-state index < -0.39 is 0 Å². The molecule has 0 aliphatic heterocycles. The van der Waals surface area contributed by atoms with Crippen molar-refractivity contribution in [3.05, 3.63) is 45.8 Å². The Morgan fingerprint density at radius 2 is 2.08 bits per heavy atom. The number of carbonyl (C=O) groups excluding carboxylic acids is 2. The van der Waals surface area contributed by atoms with Crippen molar-refractivity contribution >= 4 is 28.2 Å². The molecule has 0 spiro atoms. The zero-order valence-electron chi connectivity index (χ0n) is 14.6. The second kappa shape index (κ2) is 7.27. The van der Waals surface area contributed by atoms with E-state index in [-0.39, 0.29) is 11.8 Å². The number of hydrogen-bond donors (Lipinski definition) is 2. The van der Waals surface area contributed by atoms with Gasteiger partial charge in [0.15, 0.2) is 0 Å². The molecule has 132 valence electrons. The standard InChI is InChI=1S/C19H22N2O3S/c1-11-7-8-14-15(9-11)25-19(16(14)18(23)20-2)21-17(22)12-5-4-6-13(10-12)24-3/h4-6,10-11H,7-9H2,1-3H3,(H,20,23)(H,21,22)/t11-/m1/s1. The Morgan fingerprint density at radius 3 is 2.80 bits per heavy atom. The third kappa shape index (κ3) is 3.54. The molecule has 1 aliphatic carbocycles. The highest BCUT2D eigenvalue weighted by molar-refractivity contribution is 7.17. The van der Waals surface area contributed by atoms with Crippen LogP contribution in [-0.4, -0.2) is 26.0 Å². The Bertz CT molecular complexity index is 813. The van der Waals surface area contributed by atoms with Gasteiger partial charge in [0.1, 0.15) is 10.8 Å². The number of thiophene rings is 1. The van der Waals surface area contributed by atoms with Gasteiger partial charge in [0.2, 0.25) is 0 Å². The molecule has 3 rings (SSSR count). The SMILES string of the molecule is CNC(=O)c1c(NC(=O)c2cccc(OC)c2)sc2c1CC[C@@H](C)C2. The molecule has 6 heteroatoms. The molecule has 1 aromatic heterocycles.